The van der Waals surface area contributed by atoms with Crippen LogP contribution < -0.4 is 10.6 Å². The molecule has 1 saturated heterocycles. The third-order valence-corrected chi connectivity index (χ3v) is 6.93. The Hall–Kier alpha value is -5.11. The first-order valence-electron chi connectivity index (χ1n) is 12.8. The maximum Gasteiger partial charge on any atom is 0.228 e. The van der Waals surface area contributed by atoms with E-state index in [1.165, 1.54) is 18.3 Å². The number of aryl methyl sites for hydroxylation is 1. The van der Waals surface area contributed by atoms with Crippen molar-refractivity contribution in [2.75, 3.05) is 38.1 Å². The van der Waals surface area contributed by atoms with Crippen molar-refractivity contribution in [1.29, 1.82) is 5.26 Å². The molecule has 0 aromatic carbocycles. The first-order valence-corrected chi connectivity index (χ1v) is 12.8. The van der Waals surface area contributed by atoms with Crippen molar-refractivity contribution in [2.45, 2.75) is 13.3 Å². The number of carbonyl (C=O) groups is 1. The van der Waals surface area contributed by atoms with E-state index in [4.69, 9.17) is 10.7 Å². The van der Waals surface area contributed by atoms with Crippen LogP contribution in [0.1, 0.15) is 22.5 Å². The molecule has 1 amide bonds. The Balaban J connectivity index is 1.36. The first kappa shape index (κ1) is 26.5. The molecule has 0 saturated carbocycles. The average molecular weight is 538 g/mol. The Morgan fingerprint density at radius 2 is 1.98 bits per heavy atom. The zero-order valence-corrected chi connectivity index (χ0v) is 22.3. The summed E-state index contributed by atoms with van der Waals surface area (Å²) >= 11 is 0. The molecule has 1 aliphatic rings. The quantitative estimate of drug-likeness (QED) is 0.374. The highest BCUT2D eigenvalue weighted by Crippen LogP contribution is 2.32. The number of piperazine rings is 1. The lowest BCUT2D eigenvalue weighted by molar-refractivity contribution is -0.130. The van der Waals surface area contributed by atoms with Gasteiger partial charge in [-0.2, -0.15) is 10.4 Å². The van der Waals surface area contributed by atoms with Crippen LogP contribution in [0.5, 0.6) is 0 Å². The molecule has 11 heteroatoms. The minimum atomic E-state index is -0.422. The van der Waals surface area contributed by atoms with Gasteiger partial charge in [0, 0.05) is 86.0 Å². The molecule has 10 nitrogen and oxygen atoms in total. The van der Waals surface area contributed by atoms with Gasteiger partial charge in [0.15, 0.2) is 0 Å². The van der Waals surface area contributed by atoms with E-state index in [1.807, 2.05) is 31.3 Å². The number of carbonyl (C=O) groups excluding carboxylic acids is 1. The normalized spacial score (nSPS) is 14.2. The Morgan fingerprint density at radius 1 is 1.18 bits per heavy atom. The van der Waals surface area contributed by atoms with Gasteiger partial charge >= 0.3 is 0 Å². The van der Waals surface area contributed by atoms with Crippen LogP contribution in [0.4, 0.5) is 10.2 Å². The molecule has 202 valence electrons. The lowest BCUT2D eigenvalue weighted by atomic mass is 10.00. The molecule has 4 aromatic heterocycles. The van der Waals surface area contributed by atoms with Gasteiger partial charge in [0.05, 0.1) is 23.8 Å². The second kappa shape index (κ2) is 11.3. The number of aromatic nitrogens is 4. The number of allylic oxidation sites excluding steroid dienone is 1. The summed E-state index contributed by atoms with van der Waals surface area (Å²) in [5.74, 6) is 0.345. The van der Waals surface area contributed by atoms with E-state index < -0.39 is 5.82 Å². The summed E-state index contributed by atoms with van der Waals surface area (Å²) in [6.45, 7) is 4.19. The molecule has 1 aliphatic heterocycles. The number of hydrogen-bond acceptors (Lipinski definition) is 8. The Kier molecular flexibility index (Phi) is 7.50. The van der Waals surface area contributed by atoms with Crippen LogP contribution in [0.15, 0.2) is 60.1 Å². The highest BCUT2D eigenvalue weighted by Gasteiger charge is 2.23. The number of nitriles is 1. The molecule has 40 heavy (non-hydrogen) atoms. The smallest absolute Gasteiger partial charge is 0.228 e. The van der Waals surface area contributed by atoms with Crippen LogP contribution in [0.3, 0.4) is 0 Å². The van der Waals surface area contributed by atoms with Crippen molar-refractivity contribution in [1.82, 2.24) is 24.5 Å². The summed E-state index contributed by atoms with van der Waals surface area (Å²) in [5.41, 5.74) is 11.4. The van der Waals surface area contributed by atoms with Gasteiger partial charge < -0.3 is 15.5 Å². The number of nitrogens with zero attached hydrogens (tertiary/aromatic N) is 8. The molecular weight excluding hydrogens is 509 g/mol. The summed E-state index contributed by atoms with van der Waals surface area (Å²) in [6, 6.07) is 11.0. The van der Waals surface area contributed by atoms with Gasteiger partial charge in [-0.15, -0.1) is 0 Å². The van der Waals surface area contributed by atoms with Gasteiger partial charge in [-0.05, 0) is 37.3 Å². The fraction of sp³-hybridized carbons (Fsp3) is 0.241. The number of anilines is 1. The minimum absolute atomic E-state index is 0.0330. The van der Waals surface area contributed by atoms with E-state index in [0.29, 0.717) is 48.6 Å². The van der Waals surface area contributed by atoms with E-state index in [2.05, 4.69) is 26.0 Å². The topological polar surface area (TPSA) is 129 Å². The largest absolute Gasteiger partial charge is 0.404 e. The monoisotopic (exact) mass is 537 g/mol. The summed E-state index contributed by atoms with van der Waals surface area (Å²) in [7, 11) is 1.68. The number of aliphatic imine (C=N–C) groups is 1. The molecule has 2 N–H and O–H groups in total. The number of pyridine rings is 3. The van der Waals surface area contributed by atoms with Gasteiger partial charge in [-0.25, -0.2) is 13.9 Å². The van der Waals surface area contributed by atoms with Crippen LogP contribution in [0.25, 0.3) is 22.2 Å². The van der Waals surface area contributed by atoms with Crippen LogP contribution in [-0.4, -0.2) is 69.8 Å². The number of hydrogen-bond donors (Lipinski definition) is 1. The standard InChI is InChI=1S/C29H28FN9O/c1-19-26(14-32)29-25(11-21(18-39(29)36-19)22(13-31)15-33-2)20-3-6-27(35-16-20)37-7-9-38(10-8-37)28(40)12-24-5-4-23(30)17-34-24/h3-6,11,13,15-18H,7-10,12,31H2,1-2H3. The second-order valence-electron chi connectivity index (χ2n) is 9.43. The van der Waals surface area contributed by atoms with Gasteiger partial charge in [0.2, 0.25) is 5.91 Å². The Labute approximate surface area is 230 Å². The molecule has 0 bridgehead atoms. The van der Waals surface area contributed by atoms with Crippen molar-refractivity contribution < 1.29 is 9.18 Å². The Morgan fingerprint density at radius 3 is 2.60 bits per heavy atom. The summed E-state index contributed by atoms with van der Waals surface area (Å²) in [6.07, 6.45) is 8.05. The predicted molar refractivity (Wildman–Crippen MR) is 151 cm³/mol. The average Bonchev–Trinajstić information content (AvgIpc) is 3.31. The molecule has 5 rings (SSSR count). The zero-order valence-electron chi connectivity index (χ0n) is 22.3. The number of halogens is 1. The van der Waals surface area contributed by atoms with Gasteiger partial charge in [-0.3, -0.25) is 14.8 Å². The highest BCUT2D eigenvalue weighted by molar-refractivity contribution is 6.10. The number of fused-ring (bicyclic) bond motifs is 1. The summed E-state index contributed by atoms with van der Waals surface area (Å²) in [5, 5.41) is 14.4. The van der Waals surface area contributed by atoms with Crippen LogP contribution >= 0.6 is 0 Å². The second-order valence-corrected chi connectivity index (χ2v) is 9.43. The molecule has 5 heterocycles. The van der Waals surface area contributed by atoms with Crippen molar-refractivity contribution in [3.05, 3.63) is 83.5 Å². The maximum absolute atomic E-state index is 13.1. The van der Waals surface area contributed by atoms with Gasteiger partial charge in [0.25, 0.3) is 0 Å². The summed E-state index contributed by atoms with van der Waals surface area (Å²) in [4.78, 5) is 29.4. The van der Waals surface area contributed by atoms with Gasteiger partial charge in [0.1, 0.15) is 23.3 Å². The number of rotatable bonds is 6. The van der Waals surface area contributed by atoms with Gasteiger partial charge in [-0.1, -0.05) is 0 Å². The van der Waals surface area contributed by atoms with Crippen LogP contribution in [-0.2, 0) is 11.2 Å². The van der Waals surface area contributed by atoms with Crippen LogP contribution in [0, 0.1) is 24.1 Å². The molecule has 0 aliphatic carbocycles. The first-order chi connectivity index (χ1) is 19.4. The molecule has 0 atom stereocenters. The number of nitrogens with two attached hydrogens (primary N) is 1. The van der Waals surface area contributed by atoms with Crippen molar-refractivity contribution in [3.8, 4) is 17.2 Å². The maximum atomic E-state index is 13.1. The molecule has 1 fully saturated rings. The van der Waals surface area contributed by atoms with Crippen molar-refractivity contribution in [2.24, 2.45) is 10.7 Å². The lowest BCUT2D eigenvalue weighted by Crippen LogP contribution is -2.49. The van der Waals surface area contributed by atoms with E-state index in [9.17, 15) is 14.4 Å². The third kappa shape index (κ3) is 5.24. The zero-order chi connectivity index (χ0) is 28.2. The highest BCUT2D eigenvalue weighted by atomic mass is 19.1. The fourth-order valence-corrected chi connectivity index (χ4v) is 4.85. The third-order valence-electron chi connectivity index (χ3n) is 6.93. The molecule has 4 aromatic rings. The Bertz CT molecular complexity index is 1640. The van der Waals surface area contributed by atoms with E-state index in [0.717, 1.165) is 34.3 Å². The molecule has 0 unspecified atom stereocenters. The molecular formula is C29H28FN9O. The number of amides is 1. The minimum Gasteiger partial charge on any atom is -0.404 e. The van der Waals surface area contributed by atoms with Crippen molar-refractivity contribution >= 4 is 29.0 Å². The summed E-state index contributed by atoms with van der Waals surface area (Å²) < 4.78 is 14.8. The van der Waals surface area contributed by atoms with Crippen LogP contribution in [0.2, 0.25) is 0 Å². The van der Waals surface area contributed by atoms with E-state index in [1.54, 1.807) is 28.9 Å². The lowest BCUT2D eigenvalue weighted by Gasteiger charge is -2.35. The molecule has 0 radical (unpaired) electrons. The fourth-order valence-electron chi connectivity index (χ4n) is 4.85. The molecule has 0 spiro atoms. The van der Waals surface area contributed by atoms with E-state index in [-0.39, 0.29) is 12.3 Å². The van der Waals surface area contributed by atoms with Crippen molar-refractivity contribution in [3.63, 3.8) is 0 Å². The predicted octanol–water partition coefficient (Wildman–Crippen LogP) is 3.00. The SMILES string of the molecule is CN=CC(=CN)c1cc(-c2ccc(N3CCN(C(=O)Cc4ccc(F)cn4)CC3)nc2)c2c(C#N)c(C)nn2c1. The van der Waals surface area contributed by atoms with E-state index >= 15 is 0 Å².